The van der Waals surface area contributed by atoms with E-state index in [2.05, 4.69) is 0 Å². The molecule has 1 aromatic carbocycles. The van der Waals surface area contributed by atoms with Gasteiger partial charge in [-0.15, -0.1) is 0 Å². The lowest BCUT2D eigenvalue weighted by Gasteiger charge is -2.10. The summed E-state index contributed by atoms with van der Waals surface area (Å²) in [6.45, 7) is 0.131. The van der Waals surface area contributed by atoms with E-state index in [0.717, 1.165) is 6.26 Å². The topological polar surface area (TPSA) is 69.4 Å². The summed E-state index contributed by atoms with van der Waals surface area (Å²) in [7, 11) is -1.83. The molecule has 0 unspecified atom stereocenters. The standard InChI is InChI=1S/C12H16FNO3S/c1-17-7-12(14)10(11(12)18(2,15)16)8-4-3-5-9(13)6-8/h3-6,10-11H,7,14H2,1-2H3/t10-,11+,12-/m1/s1. The molecule has 4 nitrogen and oxygen atoms in total. The molecule has 0 spiro atoms. The Hall–Kier alpha value is -0.980. The third-order valence-corrected chi connectivity index (χ3v) is 5.00. The lowest BCUT2D eigenvalue weighted by atomic mass is 10.1. The maximum Gasteiger partial charge on any atom is 0.152 e. The molecule has 0 heterocycles. The fourth-order valence-electron chi connectivity index (χ4n) is 2.68. The minimum atomic E-state index is -3.30. The monoisotopic (exact) mass is 273 g/mol. The van der Waals surface area contributed by atoms with Gasteiger partial charge in [-0.3, -0.25) is 0 Å². The van der Waals surface area contributed by atoms with Gasteiger partial charge in [-0.25, -0.2) is 12.8 Å². The van der Waals surface area contributed by atoms with Crippen LogP contribution in [-0.4, -0.2) is 39.2 Å². The Balaban J connectivity index is 2.39. The van der Waals surface area contributed by atoms with Crippen LogP contribution < -0.4 is 5.73 Å². The number of sulfone groups is 1. The molecule has 18 heavy (non-hydrogen) atoms. The first-order valence-electron chi connectivity index (χ1n) is 5.53. The summed E-state index contributed by atoms with van der Waals surface area (Å²) in [5.74, 6) is -0.811. The Bertz CT molecular complexity index is 560. The normalized spacial score (nSPS) is 31.3. The molecule has 2 N–H and O–H groups in total. The highest BCUT2D eigenvalue weighted by molar-refractivity contribution is 7.91. The lowest BCUT2D eigenvalue weighted by Crippen LogP contribution is -2.35. The summed E-state index contributed by atoms with van der Waals surface area (Å²) in [5, 5.41) is -0.716. The fourth-order valence-corrected chi connectivity index (χ4v) is 4.51. The molecule has 6 heteroatoms. The summed E-state index contributed by atoms with van der Waals surface area (Å²) in [5.41, 5.74) is 5.73. The second-order valence-electron chi connectivity index (χ2n) is 4.83. The van der Waals surface area contributed by atoms with Crippen molar-refractivity contribution in [1.82, 2.24) is 0 Å². The third kappa shape index (κ3) is 2.15. The van der Waals surface area contributed by atoms with E-state index in [1.165, 1.54) is 19.2 Å². The number of rotatable bonds is 4. The Kier molecular flexibility index (Phi) is 3.21. The highest BCUT2D eigenvalue weighted by Crippen LogP contribution is 2.53. The van der Waals surface area contributed by atoms with Crippen molar-refractivity contribution in [2.75, 3.05) is 20.0 Å². The van der Waals surface area contributed by atoms with E-state index in [0.29, 0.717) is 5.56 Å². The van der Waals surface area contributed by atoms with E-state index in [1.54, 1.807) is 12.1 Å². The van der Waals surface area contributed by atoms with E-state index in [4.69, 9.17) is 10.5 Å². The van der Waals surface area contributed by atoms with E-state index < -0.39 is 32.4 Å². The number of halogens is 1. The zero-order chi connectivity index (χ0) is 13.6. The van der Waals surface area contributed by atoms with Crippen molar-refractivity contribution < 1.29 is 17.5 Å². The van der Waals surface area contributed by atoms with E-state index in [9.17, 15) is 12.8 Å². The number of hydrogen-bond donors (Lipinski definition) is 1. The maximum atomic E-state index is 13.2. The molecular formula is C12H16FNO3S. The van der Waals surface area contributed by atoms with Crippen molar-refractivity contribution in [3.05, 3.63) is 35.6 Å². The van der Waals surface area contributed by atoms with Gasteiger partial charge in [0.05, 0.1) is 17.4 Å². The average Bonchev–Trinajstić information content (AvgIpc) is 2.85. The van der Waals surface area contributed by atoms with Gasteiger partial charge in [0.25, 0.3) is 0 Å². The van der Waals surface area contributed by atoms with Gasteiger partial charge in [0, 0.05) is 19.3 Å². The zero-order valence-corrected chi connectivity index (χ0v) is 11.1. The van der Waals surface area contributed by atoms with Crippen LogP contribution in [0.3, 0.4) is 0 Å². The van der Waals surface area contributed by atoms with Crippen molar-refractivity contribution >= 4 is 9.84 Å². The summed E-state index contributed by atoms with van der Waals surface area (Å²) in [6, 6.07) is 5.88. The molecule has 1 fully saturated rings. The third-order valence-electron chi connectivity index (χ3n) is 3.37. The van der Waals surface area contributed by atoms with Gasteiger partial charge >= 0.3 is 0 Å². The summed E-state index contributed by atoms with van der Waals surface area (Å²) < 4.78 is 41.6. The zero-order valence-electron chi connectivity index (χ0n) is 10.3. The Morgan fingerprint density at radius 1 is 1.50 bits per heavy atom. The Labute approximate surface area is 106 Å². The van der Waals surface area contributed by atoms with Crippen molar-refractivity contribution in [2.24, 2.45) is 5.73 Å². The first kappa shape index (κ1) is 13.5. The summed E-state index contributed by atoms with van der Waals surface area (Å²) >= 11 is 0. The second-order valence-corrected chi connectivity index (χ2v) is 7.00. The number of hydrogen-bond acceptors (Lipinski definition) is 4. The van der Waals surface area contributed by atoms with Crippen molar-refractivity contribution in [3.63, 3.8) is 0 Å². The first-order valence-corrected chi connectivity index (χ1v) is 7.48. The van der Waals surface area contributed by atoms with Crippen LogP contribution in [-0.2, 0) is 14.6 Å². The Morgan fingerprint density at radius 2 is 2.17 bits per heavy atom. The van der Waals surface area contributed by atoms with Crippen LogP contribution in [0, 0.1) is 5.82 Å². The van der Waals surface area contributed by atoms with Crippen LogP contribution >= 0.6 is 0 Å². The fraction of sp³-hybridized carbons (Fsp3) is 0.500. The van der Waals surface area contributed by atoms with Crippen LogP contribution in [0.15, 0.2) is 24.3 Å². The van der Waals surface area contributed by atoms with E-state index in [-0.39, 0.29) is 6.61 Å². The number of nitrogens with two attached hydrogens (primary N) is 1. The van der Waals surface area contributed by atoms with Gasteiger partial charge in [-0.2, -0.15) is 0 Å². The average molecular weight is 273 g/mol. The van der Waals surface area contributed by atoms with Crippen LogP contribution in [0.2, 0.25) is 0 Å². The van der Waals surface area contributed by atoms with Gasteiger partial charge in [0.1, 0.15) is 5.82 Å². The van der Waals surface area contributed by atoms with E-state index in [1.807, 2.05) is 0 Å². The van der Waals surface area contributed by atoms with Crippen LogP contribution in [0.25, 0.3) is 0 Å². The molecule has 1 aliphatic carbocycles. The molecule has 3 atom stereocenters. The second kappa shape index (κ2) is 4.29. The number of benzene rings is 1. The van der Waals surface area contributed by atoms with Gasteiger partial charge in [-0.05, 0) is 17.7 Å². The minimum Gasteiger partial charge on any atom is -0.383 e. The van der Waals surface area contributed by atoms with Gasteiger partial charge in [0.2, 0.25) is 0 Å². The molecule has 1 saturated carbocycles. The lowest BCUT2D eigenvalue weighted by molar-refractivity contribution is 0.171. The molecule has 100 valence electrons. The summed E-state index contributed by atoms with van der Waals surface area (Å²) in [4.78, 5) is 0. The smallest absolute Gasteiger partial charge is 0.152 e. The van der Waals surface area contributed by atoms with Gasteiger partial charge in [0.15, 0.2) is 9.84 Å². The first-order chi connectivity index (χ1) is 8.30. The van der Waals surface area contributed by atoms with Gasteiger partial charge in [-0.1, -0.05) is 12.1 Å². The highest BCUT2D eigenvalue weighted by atomic mass is 32.2. The van der Waals surface area contributed by atoms with Crippen molar-refractivity contribution in [3.8, 4) is 0 Å². The molecule has 1 aromatic rings. The number of methoxy groups -OCH3 is 1. The molecule has 0 bridgehead atoms. The van der Waals surface area contributed by atoms with Crippen LogP contribution in [0.5, 0.6) is 0 Å². The molecule has 0 radical (unpaired) electrons. The van der Waals surface area contributed by atoms with E-state index >= 15 is 0 Å². The molecule has 0 aromatic heterocycles. The predicted molar refractivity (Wildman–Crippen MR) is 66.6 cm³/mol. The maximum absolute atomic E-state index is 13.2. The van der Waals surface area contributed by atoms with Crippen LogP contribution in [0.4, 0.5) is 4.39 Å². The molecule has 0 aliphatic heterocycles. The summed E-state index contributed by atoms with van der Waals surface area (Å²) in [6.07, 6.45) is 1.15. The quantitative estimate of drug-likeness (QED) is 0.876. The largest absolute Gasteiger partial charge is 0.383 e. The molecular weight excluding hydrogens is 257 g/mol. The number of ether oxygens (including phenoxy) is 1. The Morgan fingerprint density at radius 3 is 2.67 bits per heavy atom. The van der Waals surface area contributed by atoms with Crippen molar-refractivity contribution in [2.45, 2.75) is 16.7 Å². The van der Waals surface area contributed by atoms with Crippen molar-refractivity contribution in [1.29, 1.82) is 0 Å². The molecule has 0 saturated heterocycles. The predicted octanol–water partition coefficient (Wildman–Crippen LogP) is 0.680. The minimum absolute atomic E-state index is 0.131. The molecule has 0 amide bonds. The van der Waals surface area contributed by atoms with Crippen LogP contribution in [0.1, 0.15) is 11.5 Å². The highest BCUT2D eigenvalue weighted by Gasteiger charge is 2.68. The molecule has 1 aliphatic rings. The SMILES string of the molecule is COC[C@@]1(N)[C@H](c2cccc(F)c2)[C@@H]1S(C)(=O)=O. The van der Waals surface area contributed by atoms with Gasteiger partial charge < -0.3 is 10.5 Å². The molecule has 2 rings (SSSR count).